The highest BCUT2D eigenvalue weighted by atomic mass is 32.2. The fourth-order valence-corrected chi connectivity index (χ4v) is 3.35. The number of hydrogen-bond donors (Lipinski definition) is 0. The van der Waals surface area contributed by atoms with Gasteiger partial charge in [0.15, 0.2) is 0 Å². The third-order valence-corrected chi connectivity index (χ3v) is 4.67. The zero-order valence-electron chi connectivity index (χ0n) is 12.8. The van der Waals surface area contributed by atoms with E-state index in [0.29, 0.717) is 5.56 Å². The first kappa shape index (κ1) is 17.5. The Morgan fingerprint density at radius 1 is 1.08 bits per heavy atom. The summed E-state index contributed by atoms with van der Waals surface area (Å²) in [5.74, 6) is -1.44. The van der Waals surface area contributed by atoms with Crippen LogP contribution in [0.1, 0.15) is 15.9 Å². The summed E-state index contributed by atoms with van der Waals surface area (Å²) in [5, 5.41) is 12.3. The van der Waals surface area contributed by atoms with E-state index in [1.54, 1.807) is 30.3 Å². The molecule has 2 aromatic carbocycles. The Labute approximate surface area is 141 Å². The van der Waals surface area contributed by atoms with E-state index in [1.807, 2.05) is 6.07 Å². The van der Waals surface area contributed by atoms with Gasteiger partial charge in [0.05, 0.1) is 23.6 Å². The molecular weight excluding hydrogens is 326 g/mol. The number of anilines is 1. The standard InChI is InChI=1S/C18H17NO4S/c1-2-13-19(17-11-7-6-10-16(17)18(20)21)24(22,23)14-12-15-8-4-3-5-9-15/h2-12,14H,1,13H2,(H,20,21)/p-1/b14-12+. The van der Waals surface area contributed by atoms with Crippen molar-refractivity contribution in [3.05, 3.63) is 83.8 Å². The first-order valence-corrected chi connectivity index (χ1v) is 8.63. The number of para-hydroxylation sites is 1. The Morgan fingerprint density at radius 3 is 2.33 bits per heavy atom. The summed E-state index contributed by atoms with van der Waals surface area (Å²) >= 11 is 0. The van der Waals surface area contributed by atoms with Crippen molar-refractivity contribution < 1.29 is 18.3 Å². The van der Waals surface area contributed by atoms with Gasteiger partial charge in [-0.1, -0.05) is 54.6 Å². The van der Waals surface area contributed by atoms with E-state index in [1.165, 1.54) is 30.4 Å². The number of hydrogen-bond acceptors (Lipinski definition) is 4. The number of carboxylic acids is 1. The van der Waals surface area contributed by atoms with Crippen LogP contribution in [0.15, 0.2) is 72.7 Å². The minimum atomic E-state index is -3.90. The number of rotatable bonds is 7. The first-order chi connectivity index (χ1) is 11.5. The summed E-state index contributed by atoms with van der Waals surface area (Å²) in [6.07, 6.45) is 2.84. The lowest BCUT2D eigenvalue weighted by Crippen LogP contribution is -2.33. The van der Waals surface area contributed by atoms with Crippen LogP contribution in [0.25, 0.3) is 6.08 Å². The molecule has 124 valence electrons. The van der Waals surface area contributed by atoms with Gasteiger partial charge in [-0.2, -0.15) is 0 Å². The minimum absolute atomic E-state index is 0.0371. The van der Waals surface area contributed by atoms with Crippen LogP contribution in [0.2, 0.25) is 0 Å². The van der Waals surface area contributed by atoms with E-state index in [-0.39, 0.29) is 17.8 Å². The highest BCUT2D eigenvalue weighted by Crippen LogP contribution is 2.24. The smallest absolute Gasteiger partial charge is 0.257 e. The Bertz CT molecular complexity index is 858. The van der Waals surface area contributed by atoms with E-state index in [4.69, 9.17) is 0 Å². The maximum atomic E-state index is 12.6. The molecule has 0 aliphatic carbocycles. The number of nitrogens with zero attached hydrogens (tertiary/aromatic N) is 1. The predicted molar refractivity (Wildman–Crippen MR) is 92.7 cm³/mol. The monoisotopic (exact) mass is 342 g/mol. The molecule has 0 spiro atoms. The van der Waals surface area contributed by atoms with Crippen molar-refractivity contribution in [2.24, 2.45) is 0 Å². The van der Waals surface area contributed by atoms with Crippen LogP contribution in [-0.2, 0) is 10.0 Å². The summed E-state index contributed by atoms with van der Waals surface area (Å²) in [6.45, 7) is 3.48. The largest absolute Gasteiger partial charge is 0.545 e. The minimum Gasteiger partial charge on any atom is -0.545 e. The number of sulfonamides is 1. The van der Waals surface area contributed by atoms with Gasteiger partial charge in [-0.15, -0.1) is 6.58 Å². The number of benzene rings is 2. The summed E-state index contributed by atoms with van der Waals surface area (Å²) in [5.41, 5.74) is 0.555. The molecule has 0 aliphatic rings. The molecule has 24 heavy (non-hydrogen) atoms. The number of carbonyl (C=O) groups excluding carboxylic acids is 1. The topological polar surface area (TPSA) is 77.5 Å². The molecule has 0 unspecified atom stereocenters. The summed E-state index contributed by atoms with van der Waals surface area (Å²) in [7, 11) is -3.90. The highest BCUT2D eigenvalue weighted by molar-refractivity contribution is 7.95. The molecule has 0 radical (unpaired) electrons. The summed E-state index contributed by atoms with van der Waals surface area (Å²) in [6, 6.07) is 14.7. The normalized spacial score (nSPS) is 11.3. The van der Waals surface area contributed by atoms with E-state index >= 15 is 0 Å². The number of aromatic carboxylic acids is 1. The Hall–Kier alpha value is -2.86. The summed E-state index contributed by atoms with van der Waals surface area (Å²) < 4.78 is 26.3. The fourth-order valence-electron chi connectivity index (χ4n) is 2.12. The van der Waals surface area contributed by atoms with Crippen LogP contribution >= 0.6 is 0 Å². The van der Waals surface area contributed by atoms with Crippen LogP contribution in [0.4, 0.5) is 5.69 Å². The Morgan fingerprint density at radius 2 is 1.71 bits per heavy atom. The highest BCUT2D eigenvalue weighted by Gasteiger charge is 2.21. The number of carboxylic acid groups (broad SMARTS) is 1. The average molecular weight is 342 g/mol. The molecule has 2 aromatic rings. The second kappa shape index (κ2) is 7.61. The van der Waals surface area contributed by atoms with Crippen molar-refractivity contribution in [1.29, 1.82) is 0 Å². The van der Waals surface area contributed by atoms with Gasteiger partial charge in [-0.3, -0.25) is 4.31 Å². The fraction of sp³-hybridized carbons (Fsp3) is 0.0556. The van der Waals surface area contributed by atoms with Gasteiger partial charge in [0, 0.05) is 5.56 Å². The van der Waals surface area contributed by atoms with Crippen molar-refractivity contribution in [3.63, 3.8) is 0 Å². The molecule has 0 aliphatic heterocycles. The third-order valence-electron chi connectivity index (χ3n) is 3.23. The van der Waals surface area contributed by atoms with E-state index in [9.17, 15) is 18.3 Å². The second-order valence-corrected chi connectivity index (χ2v) is 6.63. The molecule has 0 N–H and O–H groups in total. The molecule has 0 atom stereocenters. The zero-order chi connectivity index (χ0) is 17.6. The lowest BCUT2D eigenvalue weighted by atomic mass is 10.2. The quantitative estimate of drug-likeness (QED) is 0.722. The van der Waals surface area contributed by atoms with Crippen molar-refractivity contribution in [1.82, 2.24) is 0 Å². The van der Waals surface area contributed by atoms with Crippen LogP contribution in [-0.4, -0.2) is 20.9 Å². The third kappa shape index (κ3) is 4.11. The lowest BCUT2D eigenvalue weighted by Gasteiger charge is -2.24. The van der Waals surface area contributed by atoms with Crippen LogP contribution in [0, 0.1) is 0 Å². The maximum absolute atomic E-state index is 12.6. The van der Waals surface area contributed by atoms with Gasteiger partial charge >= 0.3 is 0 Å². The van der Waals surface area contributed by atoms with Crippen molar-refractivity contribution in [3.8, 4) is 0 Å². The van der Waals surface area contributed by atoms with Crippen molar-refractivity contribution in [2.45, 2.75) is 0 Å². The van der Waals surface area contributed by atoms with Gasteiger partial charge in [-0.25, -0.2) is 8.42 Å². The SMILES string of the molecule is C=CCN(c1ccccc1C(=O)[O-])S(=O)(=O)/C=C/c1ccccc1. The number of carbonyl (C=O) groups is 1. The van der Waals surface area contributed by atoms with Crippen LogP contribution in [0.5, 0.6) is 0 Å². The van der Waals surface area contributed by atoms with Crippen LogP contribution in [0.3, 0.4) is 0 Å². The molecule has 0 fully saturated rings. The van der Waals surface area contributed by atoms with Crippen LogP contribution < -0.4 is 9.41 Å². The van der Waals surface area contributed by atoms with E-state index < -0.39 is 16.0 Å². The van der Waals surface area contributed by atoms with Gasteiger partial charge in [-0.05, 0) is 17.7 Å². The Kier molecular flexibility index (Phi) is 5.55. The molecule has 0 aromatic heterocycles. The molecule has 0 saturated heterocycles. The lowest BCUT2D eigenvalue weighted by molar-refractivity contribution is -0.254. The van der Waals surface area contributed by atoms with Crippen molar-refractivity contribution in [2.75, 3.05) is 10.8 Å². The molecule has 0 saturated carbocycles. The molecule has 0 amide bonds. The molecule has 0 heterocycles. The van der Waals surface area contributed by atoms with Gasteiger partial charge in [0.2, 0.25) is 0 Å². The molecule has 0 bridgehead atoms. The maximum Gasteiger partial charge on any atom is 0.257 e. The average Bonchev–Trinajstić information content (AvgIpc) is 2.59. The van der Waals surface area contributed by atoms with Gasteiger partial charge in [0.25, 0.3) is 10.0 Å². The zero-order valence-corrected chi connectivity index (χ0v) is 13.6. The molecular formula is C18H16NO4S-. The van der Waals surface area contributed by atoms with Crippen molar-refractivity contribution >= 4 is 27.8 Å². The molecule has 6 heteroatoms. The van der Waals surface area contributed by atoms with Gasteiger partial charge in [0.1, 0.15) is 0 Å². The Balaban J connectivity index is 2.45. The predicted octanol–water partition coefficient (Wildman–Crippen LogP) is 2.04. The van der Waals surface area contributed by atoms with Gasteiger partial charge < -0.3 is 9.90 Å². The second-order valence-electron chi connectivity index (χ2n) is 4.88. The first-order valence-electron chi connectivity index (χ1n) is 7.13. The van der Waals surface area contributed by atoms with E-state index in [0.717, 1.165) is 9.71 Å². The van der Waals surface area contributed by atoms with E-state index in [2.05, 4.69) is 6.58 Å². The molecule has 2 rings (SSSR count). The molecule has 5 nitrogen and oxygen atoms in total. The summed E-state index contributed by atoms with van der Waals surface area (Å²) in [4.78, 5) is 11.3.